The lowest BCUT2D eigenvalue weighted by atomic mass is 10.2. The van der Waals surface area contributed by atoms with Crippen LogP contribution in [-0.2, 0) is 11.8 Å². The fourth-order valence-electron chi connectivity index (χ4n) is 2.37. The van der Waals surface area contributed by atoms with Crippen molar-refractivity contribution in [3.63, 3.8) is 0 Å². The summed E-state index contributed by atoms with van der Waals surface area (Å²) >= 11 is 6.18. The minimum absolute atomic E-state index is 0.321. The van der Waals surface area contributed by atoms with E-state index < -0.39 is 0 Å². The number of ether oxygens (including phenoxy) is 2. The van der Waals surface area contributed by atoms with Gasteiger partial charge in [-0.15, -0.1) is 0 Å². The summed E-state index contributed by atoms with van der Waals surface area (Å²) in [6, 6.07) is 6.33. The van der Waals surface area contributed by atoms with E-state index in [4.69, 9.17) is 21.1 Å². The fraction of sp³-hybridized carbons (Fsp3) is 0.412. The predicted octanol–water partition coefficient (Wildman–Crippen LogP) is 3.37. The number of methoxy groups -OCH3 is 1. The molecule has 25 heavy (non-hydrogen) atoms. The molecule has 8 heteroatoms. The first-order chi connectivity index (χ1) is 12.1. The van der Waals surface area contributed by atoms with Gasteiger partial charge in [-0.1, -0.05) is 24.6 Å². The van der Waals surface area contributed by atoms with Gasteiger partial charge in [-0.25, -0.2) is 4.79 Å². The van der Waals surface area contributed by atoms with Gasteiger partial charge >= 0.3 is 6.03 Å². The average Bonchev–Trinajstić information content (AvgIpc) is 3.00. The molecular formula is C17H23ClN4O3. The van der Waals surface area contributed by atoms with Gasteiger partial charge in [0.2, 0.25) is 0 Å². The Morgan fingerprint density at radius 3 is 2.84 bits per heavy atom. The zero-order valence-corrected chi connectivity index (χ0v) is 15.3. The Kier molecular flexibility index (Phi) is 7.09. The molecule has 0 saturated heterocycles. The standard InChI is InChI=1S/C17H23ClN4O3/c1-4-10-25-16-12(18)6-5-7-13(16)20-17(23)21-14(11-24-3)15-8-9-19-22(15)2/h5-9,14H,4,10-11H2,1-3H3,(H2,20,21,23)/t14-/m1/s1. The normalized spacial score (nSPS) is 11.8. The number of anilines is 1. The van der Waals surface area contributed by atoms with Gasteiger partial charge in [-0.05, 0) is 24.6 Å². The Balaban J connectivity index is 2.11. The summed E-state index contributed by atoms with van der Waals surface area (Å²) < 4.78 is 12.5. The summed E-state index contributed by atoms with van der Waals surface area (Å²) in [5.74, 6) is 0.463. The van der Waals surface area contributed by atoms with E-state index in [1.165, 1.54) is 0 Å². The Labute approximate surface area is 152 Å². The number of urea groups is 1. The maximum Gasteiger partial charge on any atom is 0.319 e. The molecule has 0 unspecified atom stereocenters. The maximum atomic E-state index is 12.4. The first-order valence-corrected chi connectivity index (χ1v) is 8.40. The number of amides is 2. The van der Waals surface area contributed by atoms with E-state index >= 15 is 0 Å². The number of carbonyl (C=O) groups excluding carboxylic acids is 1. The highest BCUT2D eigenvalue weighted by molar-refractivity contribution is 6.32. The number of aryl methyl sites for hydroxylation is 1. The van der Waals surface area contributed by atoms with E-state index in [0.29, 0.717) is 29.7 Å². The molecule has 0 fully saturated rings. The van der Waals surface area contributed by atoms with E-state index in [0.717, 1.165) is 12.1 Å². The highest BCUT2D eigenvalue weighted by Crippen LogP contribution is 2.33. The first-order valence-electron chi connectivity index (χ1n) is 8.02. The molecule has 2 rings (SSSR count). The number of rotatable bonds is 8. The van der Waals surface area contributed by atoms with Crippen LogP contribution in [0.2, 0.25) is 5.02 Å². The highest BCUT2D eigenvalue weighted by atomic mass is 35.5. The van der Waals surface area contributed by atoms with Crippen LogP contribution in [0.1, 0.15) is 25.1 Å². The topological polar surface area (TPSA) is 77.4 Å². The number of aromatic nitrogens is 2. The Morgan fingerprint density at radius 2 is 2.20 bits per heavy atom. The molecule has 7 nitrogen and oxygen atoms in total. The molecule has 0 aliphatic heterocycles. The second-order valence-electron chi connectivity index (χ2n) is 5.45. The van der Waals surface area contributed by atoms with Crippen LogP contribution in [0.25, 0.3) is 0 Å². The van der Waals surface area contributed by atoms with Crippen molar-refractivity contribution in [1.82, 2.24) is 15.1 Å². The minimum atomic E-state index is -0.383. The van der Waals surface area contributed by atoms with Crippen molar-refractivity contribution in [3.05, 3.63) is 41.2 Å². The number of halogens is 1. The third-order valence-corrected chi connectivity index (χ3v) is 3.82. The van der Waals surface area contributed by atoms with Crippen molar-refractivity contribution in [1.29, 1.82) is 0 Å². The van der Waals surface area contributed by atoms with Gasteiger partial charge in [0, 0.05) is 20.4 Å². The lowest BCUT2D eigenvalue weighted by molar-refractivity contribution is 0.165. The average molecular weight is 367 g/mol. The number of nitrogens with zero attached hydrogens (tertiary/aromatic N) is 2. The zero-order valence-electron chi connectivity index (χ0n) is 14.6. The molecule has 0 saturated carbocycles. The van der Waals surface area contributed by atoms with Gasteiger partial charge in [0.25, 0.3) is 0 Å². The van der Waals surface area contributed by atoms with Gasteiger partial charge < -0.3 is 20.1 Å². The molecule has 1 aromatic heterocycles. The smallest absolute Gasteiger partial charge is 0.319 e. The van der Waals surface area contributed by atoms with Crippen molar-refractivity contribution >= 4 is 23.3 Å². The Hall–Kier alpha value is -2.25. The SMILES string of the molecule is CCCOc1c(Cl)cccc1NC(=O)N[C@H](COC)c1ccnn1C. The molecule has 1 heterocycles. The number of nitrogens with one attached hydrogen (secondary N) is 2. The number of hydrogen-bond donors (Lipinski definition) is 2. The fourth-order valence-corrected chi connectivity index (χ4v) is 2.60. The lowest BCUT2D eigenvalue weighted by Gasteiger charge is -2.19. The number of para-hydroxylation sites is 1. The van der Waals surface area contributed by atoms with Crippen molar-refractivity contribution in [2.24, 2.45) is 7.05 Å². The van der Waals surface area contributed by atoms with Gasteiger partial charge in [-0.3, -0.25) is 4.68 Å². The molecule has 0 bridgehead atoms. The number of benzene rings is 1. The number of carbonyl (C=O) groups is 1. The molecular weight excluding hydrogens is 344 g/mol. The van der Waals surface area contributed by atoms with Crippen molar-refractivity contribution in [2.45, 2.75) is 19.4 Å². The summed E-state index contributed by atoms with van der Waals surface area (Å²) in [6.45, 7) is 2.84. The third-order valence-electron chi connectivity index (χ3n) is 3.52. The van der Waals surface area contributed by atoms with Crippen molar-refractivity contribution < 1.29 is 14.3 Å². The third kappa shape index (κ3) is 5.11. The van der Waals surface area contributed by atoms with Crippen LogP contribution in [0.15, 0.2) is 30.5 Å². The number of hydrogen-bond acceptors (Lipinski definition) is 4. The molecule has 136 valence electrons. The summed E-state index contributed by atoms with van der Waals surface area (Å²) in [6.07, 6.45) is 2.51. The second-order valence-corrected chi connectivity index (χ2v) is 5.86. The van der Waals surface area contributed by atoms with Crippen LogP contribution < -0.4 is 15.4 Å². The van der Waals surface area contributed by atoms with E-state index in [-0.39, 0.29) is 12.1 Å². The van der Waals surface area contributed by atoms with Gasteiger partial charge in [-0.2, -0.15) is 5.10 Å². The largest absolute Gasteiger partial charge is 0.490 e. The molecule has 0 aliphatic rings. The van der Waals surface area contributed by atoms with E-state index in [2.05, 4.69) is 15.7 Å². The van der Waals surface area contributed by atoms with Crippen LogP contribution in [0.5, 0.6) is 5.75 Å². The Morgan fingerprint density at radius 1 is 1.40 bits per heavy atom. The van der Waals surface area contributed by atoms with Crippen LogP contribution in [-0.4, -0.2) is 36.1 Å². The maximum absolute atomic E-state index is 12.4. The van der Waals surface area contributed by atoms with E-state index in [9.17, 15) is 4.79 Å². The van der Waals surface area contributed by atoms with E-state index in [1.54, 1.807) is 36.2 Å². The van der Waals surface area contributed by atoms with Gasteiger partial charge in [0.05, 0.1) is 35.7 Å². The van der Waals surface area contributed by atoms with Crippen LogP contribution in [0, 0.1) is 0 Å². The second kappa shape index (κ2) is 9.29. The summed E-state index contributed by atoms with van der Waals surface area (Å²) in [4.78, 5) is 12.4. The monoisotopic (exact) mass is 366 g/mol. The molecule has 2 N–H and O–H groups in total. The first kappa shape index (κ1) is 19.1. The van der Waals surface area contributed by atoms with E-state index in [1.807, 2.05) is 20.0 Å². The molecule has 2 amide bonds. The molecule has 1 atom stereocenters. The molecule has 0 aliphatic carbocycles. The van der Waals surface area contributed by atoms with Crippen LogP contribution >= 0.6 is 11.6 Å². The zero-order chi connectivity index (χ0) is 18.2. The summed E-state index contributed by atoms with van der Waals surface area (Å²) in [5, 5.41) is 10.2. The van der Waals surface area contributed by atoms with Crippen LogP contribution in [0.3, 0.4) is 0 Å². The van der Waals surface area contributed by atoms with Crippen LogP contribution in [0.4, 0.5) is 10.5 Å². The van der Waals surface area contributed by atoms with Gasteiger partial charge in [0.1, 0.15) is 0 Å². The minimum Gasteiger partial charge on any atom is -0.490 e. The highest BCUT2D eigenvalue weighted by Gasteiger charge is 2.19. The quantitative estimate of drug-likeness (QED) is 0.750. The molecule has 2 aromatic rings. The molecule has 0 radical (unpaired) electrons. The molecule has 0 spiro atoms. The summed E-state index contributed by atoms with van der Waals surface area (Å²) in [7, 11) is 3.39. The lowest BCUT2D eigenvalue weighted by Crippen LogP contribution is -2.35. The summed E-state index contributed by atoms with van der Waals surface area (Å²) in [5.41, 5.74) is 1.35. The predicted molar refractivity (Wildman–Crippen MR) is 97.2 cm³/mol. The van der Waals surface area contributed by atoms with Crippen molar-refractivity contribution in [3.8, 4) is 5.75 Å². The van der Waals surface area contributed by atoms with Crippen molar-refractivity contribution in [2.75, 3.05) is 25.6 Å². The Bertz CT molecular complexity index is 705. The van der Waals surface area contributed by atoms with Gasteiger partial charge in [0.15, 0.2) is 5.75 Å². The molecule has 1 aromatic carbocycles.